The lowest BCUT2D eigenvalue weighted by Gasteiger charge is -2.41. The van der Waals surface area contributed by atoms with Crippen LogP contribution in [0.25, 0.3) is 0 Å². The summed E-state index contributed by atoms with van der Waals surface area (Å²) < 4.78 is 15.1. The molecule has 8 nitrogen and oxygen atoms in total. The molecular formula is C33H45N5O3Si. The van der Waals surface area contributed by atoms with E-state index in [2.05, 4.69) is 61.5 Å². The largest absolute Gasteiger partial charge is 0.491 e. The summed E-state index contributed by atoms with van der Waals surface area (Å²) in [5.41, 5.74) is 2.09. The number of amides is 1. The molecule has 0 radical (unpaired) electrons. The first-order chi connectivity index (χ1) is 20.1. The summed E-state index contributed by atoms with van der Waals surface area (Å²) in [5, 5.41) is 11.7. The molecule has 6 rings (SSSR count). The standard InChI is InChI=1S/C33H45N5O3Si/c1-33(2,3)42(4,5)41-30(21-40-27-9-7-6-8-10-27)26-16-13-24(18-26)17-23-11-14-25(15-12-23)32(39)37-19-28-29(20-37)31(28)38-22-34-35-36-38/h6-12,14-15,22,24,26,28-31H,13,16-21H2,1-5H3/t24?,26-,28-,29+,30+,31+/m0/s1. The Balaban J connectivity index is 1.03. The molecule has 0 N–H and O–H groups in total. The molecule has 42 heavy (non-hydrogen) atoms. The van der Waals surface area contributed by atoms with Crippen LogP contribution in [0.1, 0.15) is 62.0 Å². The average Bonchev–Trinajstić information content (AvgIpc) is 3.48. The van der Waals surface area contributed by atoms with Crippen molar-refractivity contribution in [3.8, 4) is 5.75 Å². The fourth-order valence-corrected chi connectivity index (χ4v) is 8.18. The van der Waals surface area contributed by atoms with E-state index in [1.54, 1.807) is 6.33 Å². The Labute approximate surface area is 250 Å². The zero-order valence-corrected chi connectivity index (χ0v) is 26.6. The minimum Gasteiger partial charge on any atom is -0.491 e. The Morgan fingerprint density at radius 3 is 2.38 bits per heavy atom. The van der Waals surface area contributed by atoms with Gasteiger partial charge >= 0.3 is 0 Å². The second-order valence-electron chi connectivity index (χ2n) is 14.2. The SMILES string of the molecule is CC(C)(C)[Si](C)(C)O[C@H](COc1ccccc1)[C@H]1CCC(Cc2ccc(C(=O)N3C[C@@H]4[C@H](C3)[C@H]4n3cnnn3)cc2)C1. The zero-order chi connectivity index (χ0) is 29.5. The number of ether oxygens (including phenoxy) is 1. The molecule has 224 valence electrons. The number of hydrogen-bond donors (Lipinski definition) is 0. The van der Waals surface area contributed by atoms with Crippen LogP contribution in [0.4, 0.5) is 0 Å². The first-order valence-corrected chi connectivity index (χ1v) is 18.5. The lowest BCUT2D eigenvalue weighted by atomic mass is 9.94. The maximum atomic E-state index is 13.2. The van der Waals surface area contributed by atoms with Crippen molar-refractivity contribution in [2.24, 2.45) is 23.7 Å². The Bertz CT molecular complexity index is 1330. The summed E-state index contributed by atoms with van der Waals surface area (Å²) in [5.74, 6) is 3.09. The van der Waals surface area contributed by atoms with Crippen LogP contribution in [0.3, 0.4) is 0 Å². The highest BCUT2D eigenvalue weighted by Crippen LogP contribution is 2.54. The monoisotopic (exact) mass is 587 g/mol. The average molecular weight is 588 g/mol. The van der Waals surface area contributed by atoms with Crippen LogP contribution in [0, 0.1) is 23.7 Å². The molecule has 9 heteroatoms. The number of hydrogen-bond acceptors (Lipinski definition) is 6. The van der Waals surface area contributed by atoms with Gasteiger partial charge in [-0.3, -0.25) is 4.79 Å². The van der Waals surface area contributed by atoms with Crippen LogP contribution in [-0.2, 0) is 10.8 Å². The number of carbonyl (C=O) groups is 1. The van der Waals surface area contributed by atoms with Crippen LogP contribution < -0.4 is 4.74 Å². The molecule has 1 saturated heterocycles. The number of fused-ring (bicyclic) bond motifs is 1. The summed E-state index contributed by atoms with van der Waals surface area (Å²) >= 11 is 0. The van der Waals surface area contributed by atoms with E-state index in [-0.39, 0.29) is 17.0 Å². The van der Waals surface area contributed by atoms with Crippen molar-refractivity contribution in [2.75, 3.05) is 19.7 Å². The van der Waals surface area contributed by atoms with Crippen molar-refractivity contribution in [3.05, 3.63) is 72.1 Å². The van der Waals surface area contributed by atoms with Gasteiger partial charge in [0, 0.05) is 30.5 Å². The van der Waals surface area contributed by atoms with Crippen LogP contribution >= 0.6 is 0 Å². The van der Waals surface area contributed by atoms with Crippen LogP contribution in [0.15, 0.2) is 60.9 Å². The smallest absolute Gasteiger partial charge is 0.253 e. The number of para-hydroxylation sites is 1. The Kier molecular flexibility index (Phi) is 8.00. The van der Waals surface area contributed by atoms with Gasteiger partial charge in [-0.25, -0.2) is 4.68 Å². The maximum Gasteiger partial charge on any atom is 0.253 e. The third-order valence-electron chi connectivity index (χ3n) is 10.3. The van der Waals surface area contributed by atoms with Crippen LogP contribution in [-0.4, -0.2) is 65.1 Å². The number of aromatic nitrogens is 4. The molecule has 6 atom stereocenters. The minimum atomic E-state index is -1.94. The van der Waals surface area contributed by atoms with Crippen LogP contribution in [0.5, 0.6) is 5.75 Å². The predicted octanol–water partition coefficient (Wildman–Crippen LogP) is 6.04. The van der Waals surface area contributed by atoms with Crippen molar-refractivity contribution >= 4 is 14.2 Å². The normalized spacial score (nSPS) is 26.2. The maximum absolute atomic E-state index is 13.2. The molecule has 0 bridgehead atoms. The highest BCUT2D eigenvalue weighted by atomic mass is 28.4. The van der Waals surface area contributed by atoms with E-state index in [0.29, 0.717) is 36.3 Å². The number of benzene rings is 2. The Hall–Kier alpha value is -3.04. The number of nitrogens with zero attached hydrogens (tertiary/aromatic N) is 5. The second kappa shape index (κ2) is 11.6. The highest BCUT2D eigenvalue weighted by Gasteiger charge is 2.58. The fourth-order valence-electron chi connectivity index (χ4n) is 6.81. The third kappa shape index (κ3) is 6.18. The second-order valence-corrected chi connectivity index (χ2v) is 19.0. The van der Waals surface area contributed by atoms with E-state index in [4.69, 9.17) is 9.16 Å². The molecule has 1 aliphatic heterocycles. The number of tetrazole rings is 1. The van der Waals surface area contributed by atoms with Gasteiger partial charge in [0.25, 0.3) is 5.91 Å². The summed E-state index contributed by atoms with van der Waals surface area (Å²) in [7, 11) is -1.94. The van der Waals surface area contributed by atoms with Crippen molar-refractivity contribution in [2.45, 2.75) is 76.7 Å². The lowest BCUT2D eigenvalue weighted by Crippen LogP contribution is -2.47. The molecule has 1 unspecified atom stereocenters. The molecule has 2 saturated carbocycles. The molecule has 3 aromatic rings. The van der Waals surface area contributed by atoms with Gasteiger partial charge in [0.15, 0.2) is 8.32 Å². The van der Waals surface area contributed by atoms with Crippen LogP contribution in [0.2, 0.25) is 18.1 Å². The molecule has 3 aliphatic rings. The quantitative estimate of drug-likeness (QED) is 0.269. The summed E-state index contributed by atoms with van der Waals surface area (Å²) in [6.07, 6.45) is 6.34. The molecule has 2 aromatic carbocycles. The topological polar surface area (TPSA) is 82.4 Å². The zero-order valence-electron chi connectivity index (χ0n) is 25.6. The first-order valence-electron chi connectivity index (χ1n) is 15.6. The predicted molar refractivity (Wildman–Crippen MR) is 165 cm³/mol. The number of carbonyl (C=O) groups excluding carboxylic acids is 1. The molecular weight excluding hydrogens is 542 g/mol. The van der Waals surface area contributed by atoms with Gasteiger partial charge in [-0.1, -0.05) is 51.1 Å². The van der Waals surface area contributed by atoms with E-state index in [1.807, 2.05) is 52.0 Å². The van der Waals surface area contributed by atoms with Crippen molar-refractivity contribution < 1.29 is 14.0 Å². The van der Waals surface area contributed by atoms with Crippen molar-refractivity contribution in [1.82, 2.24) is 25.1 Å². The summed E-state index contributed by atoms with van der Waals surface area (Å²) in [6, 6.07) is 18.8. The van der Waals surface area contributed by atoms with Gasteiger partial charge in [0.2, 0.25) is 0 Å². The highest BCUT2D eigenvalue weighted by molar-refractivity contribution is 6.74. The molecule has 2 heterocycles. The summed E-state index contributed by atoms with van der Waals surface area (Å²) in [4.78, 5) is 15.2. The van der Waals surface area contributed by atoms with Crippen molar-refractivity contribution in [1.29, 1.82) is 0 Å². The minimum absolute atomic E-state index is 0.100. The van der Waals surface area contributed by atoms with E-state index < -0.39 is 8.32 Å². The molecule has 0 spiro atoms. The molecule has 2 aliphatic carbocycles. The van der Waals surface area contributed by atoms with Gasteiger partial charge in [0.05, 0.1) is 12.1 Å². The van der Waals surface area contributed by atoms with Gasteiger partial charge in [-0.05, 0) is 95.9 Å². The van der Waals surface area contributed by atoms with Crippen molar-refractivity contribution in [3.63, 3.8) is 0 Å². The number of rotatable bonds is 10. The van der Waals surface area contributed by atoms with Gasteiger partial charge in [-0.15, -0.1) is 5.10 Å². The molecule has 3 fully saturated rings. The van der Waals surface area contributed by atoms with Gasteiger partial charge in [0.1, 0.15) is 18.7 Å². The molecule has 1 aromatic heterocycles. The fraction of sp³-hybridized carbons (Fsp3) is 0.576. The van der Waals surface area contributed by atoms with E-state index in [1.165, 1.54) is 18.4 Å². The van der Waals surface area contributed by atoms with E-state index >= 15 is 0 Å². The molecule has 1 amide bonds. The van der Waals surface area contributed by atoms with E-state index in [0.717, 1.165) is 37.2 Å². The lowest BCUT2D eigenvalue weighted by molar-refractivity contribution is 0.0665. The third-order valence-corrected chi connectivity index (χ3v) is 14.9. The first kappa shape index (κ1) is 29.0. The van der Waals surface area contributed by atoms with E-state index in [9.17, 15) is 4.79 Å². The Morgan fingerprint density at radius 1 is 1.02 bits per heavy atom. The number of piperidine rings is 1. The summed E-state index contributed by atoms with van der Waals surface area (Å²) in [6.45, 7) is 13.8. The van der Waals surface area contributed by atoms with Gasteiger partial charge in [-0.2, -0.15) is 0 Å². The van der Waals surface area contributed by atoms with Gasteiger partial charge < -0.3 is 14.1 Å². The Morgan fingerprint density at radius 2 is 1.74 bits per heavy atom. The number of likely N-dealkylation sites (tertiary alicyclic amines) is 1.